The molecule has 0 bridgehead atoms. The molecule has 21 heavy (non-hydrogen) atoms. The Balaban J connectivity index is 0.000000342. The topological polar surface area (TPSA) is 43.1 Å². The average molecular weight is 285 g/mol. The normalized spacial score (nSPS) is 8.76. The van der Waals surface area contributed by atoms with Crippen molar-refractivity contribution in [2.75, 3.05) is 0 Å². The first kappa shape index (κ1) is 18.9. The monoisotopic (exact) mass is 285 g/mol. The van der Waals surface area contributed by atoms with Crippen molar-refractivity contribution in [2.45, 2.75) is 40.5 Å². The Morgan fingerprint density at radius 3 is 1.71 bits per heavy atom. The quantitative estimate of drug-likeness (QED) is 0.849. The van der Waals surface area contributed by atoms with Crippen molar-refractivity contribution in [1.82, 2.24) is 0 Å². The Morgan fingerprint density at radius 1 is 0.905 bits per heavy atom. The first-order chi connectivity index (χ1) is 10.1. The molecule has 2 nitrogen and oxygen atoms in total. The lowest BCUT2D eigenvalue weighted by Crippen LogP contribution is -2.13. The smallest absolute Gasteiger partial charge is 0.248 e. The standard InChI is InChI=1S/C9H11NO.C7H8.C3H8/c1-2-7-5-3-4-6-8(7)9(10)11;1-7-5-3-2-4-6-7;1-3-2/h3-6H,2H2,1H3,(H2,10,11);2-6H,1H3;3H2,1-2H3. The summed E-state index contributed by atoms with van der Waals surface area (Å²) in [5.74, 6) is -0.345. The summed E-state index contributed by atoms with van der Waals surface area (Å²) in [4.78, 5) is 10.8. The molecular formula is C19H27NO. The maximum absolute atomic E-state index is 10.8. The molecule has 0 aliphatic rings. The number of nitrogens with two attached hydrogens (primary N) is 1. The van der Waals surface area contributed by atoms with Crippen LogP contribution in [0.4, 0.5) is 0 Å². The van der Waals surface area contributed by atoms with Gasteiger partial charge in [0.15, 0.2) is 0 Å². The van der Waals surface area contributed by atoms with Gasteiger partial charge in [-0.1, -0.05) is 81.3 Å². The van der Waals surface area contributed by atoms with Gasteiger partial charge in [0.05, 0.1) is 0 Å². The van der Waals surface area contributed by atoms with Gasteiger partial charge in [-0.05, 0) is 25.0 Å². The second-order valence-electron chi connectivity index (χ2n) is 4.74. The van der Waals surface area contributed by atoms with E-state index in [1.807, 2.05) is 43.3 Å². The number of aryl methyl sites for hydroxylation is 2. The van der Waals surface area contributed by atoms with Crippen LogP contribution in [0.1, 0.15) is 48.7 Å². The molecule has 0 fully saturated rings. The number of benzene rings is 2. The predicted octanol–water partition coefficient (Wildman–Crippen LogP) is 4.76. The highest BCUT2D eigenvalue weighted by Crippen LogP contribution is 2.07. The highest BCUT2D eigenvalue weighted by molar-refractivity contribution is 5.94. The molecule has 2 aromatic rings. The molecule has 0 aliphatic carbocycles. The van der Waals surface area contributed by atoms with Crippen LogP contribution in [0, 0.1) is 6.92 Å². The fourth-order valence-electron chi connectivity index (χ4n) is 1.60. The van der Waals surface area contributed by atoms with E-state index in [0.717, 1.165) is 12.0 Å². The summed E-state index contributed by atoms with van der Waals surface area (Å²) in [7, 11) is 0. The molecule has 1 amide bonds. The molecule has 2 N–H and O–H groups in total. The number of carbonyl (C=O) groups excluding carboxylic acids is 1. The van der Waals surface area contributed by atoms with Crippen LogP contribution >= 0.6 is 0 Å². The van der Waals surface area contributed by atoms with E-state index in [2.05, 4.69) is 32.9 Å². The van der Waals surface area contributed by atoms with Gasteiger partial charge in [-0.15, -0.1) is 0 Å². The molecule has 2 aromatic carbocycles. The van der Waals surface area contributed by atoms with Crippen LogP contribution in [-0.4, -0.2) is 5.91 Å². The molecule has 0 aromatic heterocycles. The van der Waals surface area contributed by atoms with Gasteiger partial charge >= 0.3 is 0 Å². The van der Waals surface area contributed by atoms with E-state index >= 15 is 0 Å². The summed E-state index contributed by atoms with van der Waals surface area (Å²) in [6.45, 7) is 8.34. The van der Waals surface area contributed by atoms with Gasteiger partial charge in [0.2, 0.25) is 5.91 Å². The second-order valence-corrected chi connectivity index (χ2v) is 4.74. The minimum atomic E-state index is -0.345. The molecule has 0 aliphatic heterocycles. The van der Waals surface area contributed by atoms with E-state index in [1.54, 1.807) is 6.07 Å². The van der Waals surface area contributed by atoms with Gasteiger partial charge in [-0.25, -0.2) is 0 Å². The minimum Gasteiger partial charge on any atom is -0.366 e. The first-order valence-electron chi connectivity index (χ1n) is 7.46. The zero-order valence-electron chi connectivity index (χ0n) is 13.6. The van der Waals surface area contributed by atoms with E-state index in [4.69, 9.17) is 5.73 Å². The number of rotatable bonds is 2. The number of hydrogen-bond donors (Lipinski definition) is 1. The first-order valence-corrected chi connectivity index (χ1v) is 7.46. The molecule has 0 saturated heterocycles. The van der Waals surface area contributed by atoms with Crippen LogP contribution in [-0.2, 0) is 6.42 Å². The van der Waals surface area contributed by atoms with Crippen molar-refractivity contribution in [2.24, 2.45) is 5.73 Å². The lowest BCUT2D eigenvalue weighted by Gasteiger charge is -2.01. The van der Waals surface area contributed by atoms with Gasteiger partial charge in [0, 0.05) is 5.56 Å². The summed E-state index contributed by atoms with van der Waals surface area (Å²) in [5, 5.41) is 0. The van der Waals surface area contributed by atoms with Crippen LogP contribution in [0.3, 0.4) is 0 Å². The maximum Gasteiger partial charge on any atom is 0.248 e. The SMILES string of the molecule is CCC.CCc1ccccc1C(N)=O.Cc1ccccc1. The van der Waals surface area contributed by atoms with Crippen molar-refractivity contribution in [3.63, 3.8) is 0 Å². The number of carbonyl (C=O) groups is 1. The Kier molecular flexibility index (Phi) is 10.5. The molecule has 2 heteroatoms. The van der Waals surface area contributed by atoms with Crippen LogP contribution < -0.4 is 5.73 Å². The average Bonchev–Trinajstić information content (AvgIpc) is 2.49. The molecule has 0 radical (unpaired) electrons. The van der Waals surface area contributed by atoms with Gasteiger partial charge in [0.25, 0.3) is 0 Å². The molecule has 0 saturated carbocycles. The lowest BCUT2D eigenvalue weighted by atomic mass is 10.1. The predicted molar refractivity (Wildman–Crippen MR) is 91.5 cm³/mol. The number of amides is 1. The molecule has 0 spiro atoms. The lowest BCUT2D eigenvalue weighted by molar-refractivity contribution is 0.0999. The van der Waals surface area contributed by atoms with Crippen molar-refractivity contribution in [3.8, 4) is 0 Å². The summed E-state index contributed by atoms with van der Waals surface area (Å²) in [6, 6.07) is 17.7. The number of primary amides is 1. The summed E-state index contributed by atoms with van der Waals surface area (Å²) < 4.78 is 0. The summed E-state index contributed by atoms with van der Waals surface area (Å²) >= 11 is 0. The largest absolute Gasteiger partial charge is 0.366 e. The number of hydrogen-bond acceptors (Lipinski definition) is 1. The highest BCUT2D eigenvalue weighted by atomic mass is 16.1. The van der Waals surface area contributed by atoms with Gasteiger partial charge in [0.1, 0.15) is 0 Å². The van der Waals surface area contributed by atoms with E-state index in [1.165, 1.54) is 12.0 Å². The van der Waals surface area contributed by atoms with Crippen molar-refractivity contribution < 1.29 is 4.79 Å². The van der Waals surface area contributed by atoms with Gasteiger partial charge < -0.3 is 5.73 Å². The van der Waals surface area contributed by atoms with E-state index < -0.39 is 0 Å². The second kappa shape index (κ2) is 11.7. The minimum absolute atomic E-state index is 0.345. The highest BCUT2D eigenvalue weighted by Gasteiger charge is 2.03. The molecule has 2 rings (SSSR count). The molecule has 114 valence electrons. The van der Waals surface area contributed by atoms with Crippen molar-refractivity contribution >= 4 is 5.91 Å². The fraction of sp³-hybridized carbons (Fsp3) is 0.316. The van der Waals surface area contributed by atoms with Crippen LogP contribution in [0.5, 0.6) is 0 Å². The Bertz CT molecular complexity index is 506. The third-order valence-corrected chi connectivity index (χ3v) is 2.60. The van der Waals surface area contributed by atoms with Crippen molar-refractivity contribution in [3.05, 3.63) is 71.3 Å². The van der Waals surface area contributed by atoms with E-state index in [-0.39, 0.29) is 5.91 Å². The molecule has 0 unspecified atom stereocenters. The van der Waals surface area contributed by atoms with Crippen LogP contribution in [0.15, 0.2) is 54.6 Å². The van der Waals surface area contributed by atoms with Crippen LogP contribution in [0.2, 0.25) is 0 Å². The molecule has 0 atom stereocenters. The molecular weight excluding hydrogens is 258 g/mol. The van der Waals surface area contributed by atoms with E-state index in [9.17, 15) is 4.79 Å². The summed E-state index contributed by atoms with van der Waals surface area (Å²) in [5.41, 5.74) is 8.12. The van der Waals surface area contributed by atoms with Crippen molar-refractivity contribution in [1.29, 1.82) is 0 Å². The van der Waals surface area contributed by atoms with Gasteiger partial charge in [-0.3, -0.25) is 4.79 Å². The van der Waals surface area contributed by atoms with Crippen LogP contribution in [0.25, 0.3) is 0 Å². The zero-order valence-corrected chi connectivity index (χ0v) is 13.6. The summed E-state index contributed by atoms with van der Waals surface area (Å²) in [6.07, 6.45) is 2.10. The third-order valence-electron chi connectivity index (χ3n) is 2.60. The Labute approximate surface area is 129 Å². The fourth-order valence-corrected chi connectivity index (χ4v) is 1.60. The third kappa shape index (κ3) is 8.64. The zero-order chi connectivity index (χ0) is 16.1. The maximum atomic E-state index is 10.8. The van der Waals surface area contributed by atoms with Gasteiger partial charge in [-0.2, -0.15) is 0 Å². The molecule has 0 heterocycles. The Morgan fingerprint density at radius 2 is 1.38 bits per heavy atom. The van der Waals surface area contributed by atoms with E-state index in [0.29, 0.717) is 5.56 Å². The Hall–Kier alpha value is -2.09.